The maximum atomic E-state index is 14.0. The molecule has 0 amide bonds. The molecule has 0 bridgehead atoms. The minimum absolute atomic E-state index is 0.0789. The molecule has 1 fully saturated rings. The lowest BCUT2D eigenvalue weighted by molar-refractivity contribution is -0.189. The van der Waals surface area contributed by atoms with Gasteiger partial charge in [-0.2, -0.15) is 13.2 Å². The summed E-state index contributed by atoms with van der Waals surface area (Å²) in [4.78, 5) is 1.05. The second-order valence-corrected chi connectivity index (χ2v) is 5.34. The Morgan fingerprint density at radius 2 is 1.75 bits per heavy atom. The van der Waals surface area contributed by atoms with Gasteiger partial charge in [-0.05, 0) is 28.1 Å². The number of halogens is 6. The van der Waals surface area contributed by atoms with Crippen LogP contribution in [0.2, 0.25) is 0 Å². The zero-order valence-electron chi connectivity index (χ0n) is 10.3. The van der Waals surface area contributed by atoms with Crippen LogP contribution in [0, 0.1) is 11.6 Å². The Balaban J connectivity index is 2.49. The average molecular weight is 359 g/mol. The summed E-state index contributed by atoms with van der Waals surface area (Å²) in [5.74, 6) is -2.39. The molecule has 0 radical (unpaired) electrons. The Labute approximate surface area is 121 Å². The molecule has 1 aliphatic rings. The quantitative estimate of drug-likeness (QED) is 0.644. The summed E-state index contributed by atoms with van der Waals surface area (Å²) in [6.07, 6.45) is -4.75. The van der Waals surface area contributed by atoms with Crippen LogP contribution in [0.25, 0.3) is 0 Å². The van der Waals surface area contributed by atoms with Crippen LogP contribution in [0.4, 0.5) is 22.0 Å². The summed E-state index contributed by atoms with van der Waals surface area (Å²) in [6.45, 7) is 0.860. The third-order valence-electron chi connectivity index (χ3n) is 3.18. The minimum atomic E-state index is -4.75. The molecule has 1 heterocycles. The summed E-state index contributed by atoms with van der Waals surface area (Å²) >= 11 is 2.80. The van der Waals surface area contributed by atoms with Crippen molar-refractivity contribution in [3.05, 3.63) is 33.8 Å². The fourth-order valence-corrected chi connectivity index (χ4v) is 2.63. The Morgan fingerprint density at radius 1 is 1.15 bits per heavy atom. The minimum Gasteiger partial charge on any atom is -0.314 e. The molecular weight excluding hydrogens is 347 g/mol. The van der Waals surface area contributed by atoms with E-state index in [2.05, 4.69) is 21.2 Å². The number of nitrogens with zero attached hydrogens (tertiary/aromatic N) is 1. The van der Waals surface area contributed by atoms with Gasteiger partial charge in [-0.1, -0.05) is 0 Å². The van der Waals surface area contributed by atoms with Gasteiger partial charge in [0.05, 0.1) is 10.0 Å². The van der Waals surface area contributed by atoms with E-state index in [0.717, 1.165) is 17.0 Å². The van der Waals surface area contributed by atoms with E-state index in [0.29, 0.717) is 13.1 Å². The van der Waals surface area contributed by atoms with Crippen molar-refractivity contribution in [3.63, 3.8) is 0 Å². The molecule has 112 valence electrons. The van der Waals surface area contributed by atoms with Crippen molar-refractivity contribution < 1.29 is 22.0 Å². The second-order valence-electron chi connectivity index (χ2n) is 4.49. The Hall–Kier alpha value is -0.730. The first-order chi connectivity index (χ1) is 9.32. The van der Waals surface area contributed by atoms with Gasteiger partial charge in [-0.15, -0.1) is 0 Å². The molecule has 0 spiro atoms. The van der Waals surface area contributed by atoms with E-state index < -0.39 is 29.4 Å². The van der Waals surface area contributed by atoms with Gasteiger partial charge < -0.3 is 5.32 Å². The lowest BCUT2D eigenvalue weighted by atomic mass is 10.0. The number of piperazine rings is 1. The van der Waals surface area contributed by atoms with Crippen molar-refractivity contribution in [2.24, 2.45) is 0 Å². The number of benzene rings is 1. The maximum Gasteiger partial charge on any atom is 0.408 e. The van der Waals surface area contributed by atoms with Gasteiger partial charge in [0, 0.05) is 26.2 Å². The molecule has 0 unspecified atom stereocenters. The highest BCUT2D eigenvalue weighted by Gasteiger charge is 2.47. The third kappa shape index (κ3) is 3.12. The van der Waals surface area contributed by atoms with Crippen LogP contribution in [0.3, 0.4) is 0 Å². The molecule has 1 saturated heterocycles. The predicted molar refractivity (Wildman–Crippen MR) is 67.3 cm³/mol. The molecule has 0 saturated carbocycles. The van der Waals surface area contributed by atoms with Gasteiger partial charge in [0.1, 0.15) is 17.7 Å². The highest BCUT2D eigenvalue weighted by atomic mass is 79.9. The van der Waals surface area contributed by atoms with Crippen LogP contribution in [-0.4, -0.2) is 37.3 Å². The van der Waals surface area contributed by atoms with Gasteiger partial charge >= 0.3 is 6.18 Å². The van der Waals surface area contributed by atoms with Gasteiger partial charge in [-0.3, -0.25) is 4.90 Å². The number of hydrogen-bond donors (Lipinski definition) is 1. The van der Waals surface area contributed by atoms with Crippen LogP contribution >= 0.6 is 15.9 Å². The highest BCUT2D eigenvalue weighted by molar-refractivity contribution is 9.10. The first-order valence-corrected chi connectivity index (χ1v) is 6.76. The first-order valence-electron chi connectivity index (χ1n) is 5.97. The van der Waals surface area contributed by atoms with E-state index in [1.54, 1.807) is 0 Å². The summed E-state index contributed by atoms with van der Waals surface area (Å²) in [5.41, 5.74) is -0.950. The van der Waals surface area contributed by atoms with Gasteiger partial charge in [0.25, 0.3) is 0 Å². The molecule has 2 rings (SSSR count). The summed E-state index contributed by atoms with van der Waals surface area (Å²) < 4.78 is 67.4. The Kier molecular flexibility index (Phi) is 4.66. The normalized spacial score (nSPS) is 19.1. The fraction of sp³-hybridized carbons (Fsp3) is 0.500. The van der Waals surface area contributed by atoms with Crippen LogP contribution in [0.5, 0.6) is 0 Å². The van der Waals surface area contributed by atoms with E-state index in [9.17, 15) is 22.0 Å². The monoisotopic (exact) mass is 358 g/mol. The largest absolute Gasteiger partial charge is 0.408 e. The van der Waals surface area contributed by atoms with Crippen LogP contribution < -0.4 is 5.32 Å². The number of nitrogens with one attached hydrogen (secondary N) is 1. The zero-order valence-corrected chi connectivity index (χ0v) is 11.9. The zero-order chi connectivity index (χ0) is 14.9. The number of hydrogen-bond acceptors (Lipinski definition) is 2. The predicted octanol–water partition coefficient (Wildman–Crippen LogP) is 3.24. The highest BCUT2D eigenvalue weighted by Crippen LogP contribution is 2.41. The molecule has 0 aromatic heterocycles. The lowest BCUT2D eigenvalue weighted by Gasteiger charge is -2.36. The molecule has 1 atom stereocenters. The Bertz CT molecular complexity index is 485. The number of rotatable bonds is 2. The van der Waals surface area contributed by atoms with Crippen molar-refractivity contribution in [1.82, 2.24) is 10.2 Å². The van der Waals surface area contributed by atoms with Gasteiger partial charge in [0.2, 0.25) is 0 Å². The third-order valence-corrected chi connectivity index (χ3v) is 3.79. The van der Waals surface area contributed by atoms with Crippen LogP contribution in [-0.2, 0) is 0 Å². The van der Waals surface area contributed by atoms with E-state index in [4.69, 9.17) is 0 Å². The molecule has 1 N–H and O–H groups in total. The Morgan fingerprint density at radius 3 is 2.30 bits per heavy atom. The topological polar surface area (TPSA) is 15.3 Å². The van der Waals surface area contributed by atoms with Crippen molar-refractivity contribution in [3.8, 4) is 0 Å². The van der Waals surface area contributed by atoms with E-state index in [-0.39, 0.29) is 17.6 Å². The fourth-order valence-electron chi connectivity index (χ4n) is 2.29. The van der Waals surface area contributed by atoms with Crippen LogP contribution in [0.15, 0.2) is 16.6 Å². The lowest BCUT2D eigenvalue weighted by Crippen LogP contribution is -2.49. The smallest absolute Gasteiger partial charge is 0.314 e. The molecule has 0 aliphatic carbocycles. The van der Waals surface area contributed by atoms with E-state index in [1.807, 2.05) is 0 Å². The van der Waals surface area contributed by atoms with Crippen molar-refractivity contribution in [2.45, 2.75) is 12.2 Å². The SMILES string of the molecule is Fc1ccc(Br)c(F)c1[C@@H](N1CCNCC1)C(F)(F)F. The van der Waals surface area contributed by atoms with Crippen molar-refractivity contribution in [1.29, 1.82) is 0 Å². The van der Waals surface area contributed by atoms with E-state index in [1.165, 1.54) is 0 Å². The van der Waals surface area contributed by atoms with Crippen LogP contribution in [0.1, 0.15) is 11.6 Å². The summed E-state index contributed by atoms with van der Waals surface area (Å²) in [5, 5.41) is 2.91. The molecule has 1 aliphatic heterocycles. The van der Waals surface area contributed by atoms with Gasteiger partial charge in [0.15, 0.2) is 0 Å². The average Bonchev–Trinajstić information content (AvgIpc) is 2.39. The van der Waals surface area contributed by atoms with Gasteiger partial charge in [-0.25, -0.2) is 8.78 Å². The summed E-state index contributed by atoms with van der Waals surface area (Å²) in [7, 11) is 0. The molecule has 1 aromatic carbocycles. The van der Waals surface area contributed by atoms with E-state index >= 15 is 0 Å². The first kappa shape index (κ1) is 15.7. The van der Waals surface area contributed by atoms with Crippen molar-refractivity contribution >= 4 is 15.9 Å². The molecule has 8 heteroatoms. The maximum absolute atomic E-state index is 14.0. The molecule has 2 nitrogen and oxygen atoms in total. The number of alkyl halides is 3. The molecule has 1 aromatic rings. The van der Waals surface area contributed by atoms with Crippen molar-refractivity contribution in [2.75, 3.05) is 26.2 Å². The molecule has 20 heavy (non-hydrogen) atoms. The standard InChI is InChI=1S/C12H12BrF5N2/c13-7-1-2-8(14)9(10(7)15)11(12(16,17)18)20-5-3-19-4-6-20/h1-2,11,19H,3-6H2/t11-/m1/s1. The second kappa shape index (κ2) is 5.95. The molecular formula is C12H12BrF5N2. The summed E-state index contributed by atoms with van der Waals surface area (Å²) in [6, 6.07) is -0.384.